The lowest BCUT2D eigenvalue weighted by molar-refractivity contribution is 0.102. The molecule has 1 heterocycles. The van der Waals surface area contributed by atoms with Crippen molar-refractivity contribution in [3.8, 4) is 0 Å². The van der Waals surface area contributed by atoms with E-state index in [-0.39, 0.29) is 10.6 Å². The number of hydrogen-bond acceptors (Lipinski definition) is 6. The SMILES string of the molecule is NNc1ccc(C(=O)Nc2ccc(S(N)(=O)=O)cc2)nc1. The van der Waals surface area contributed by atoms with Crippen molar-refractivity contribution in [3.63, 3.8) is 0 Å². The third kappa shape index (κ3) is 3.75. The van der Waals surface area contributed by atoms with E-state index in [9.17, 15) is 13.2 Å². The van der Waals surface area contributed by atoms with Gasteiger partial charge in [-0.05, 0) is 36.4 Å². The number of pyridine rings is 1. The number of hydrogen-bond donors (Lipinski definition) is 4. The zero-order chi connectivity index (χ0) is 15.5. The zero-order valence-electron chi connectivity index (χ0n) is 10.8. The van der Waals surface area contributed by atoms with Crippen molar-refractivity contribution >= 4 is 27.3 Å². The number of aromatic nitrogens is 1. The molecule has 6 N–H and O–H groups in total. The van der Waals surface area contributed by atoms with Gasteiger partial charge < -0.3 is 10.7 Å². The Kier molecular flexibility index (Phi) is 4.17. The summed E-state index contributed by atoms with van der Waals surface area (Å²) in [5.74, 6) is 4.77. The molecule has 1 aromatic heterocycles. The number of nitrogens with one attached hydrogen (secondary N) is 2. The van der Waals surface area contributed by atoms with E-state index in [0.717, 1.165) is 0 Å². The third-order valence-electron chi connectivity index (χ3n) is 2.60. The molecule has 0 aliphatic carbocycles. The minimum atomic E-state index is -3.75. The maximum Gasteiger partial charge on any atom is 0.274 e. The molecule has 0 aliphatic heterocycles. The van der Waals surface area contributed by atoms with Crippen molar-refractivity contribution in [1.82, 2.24) is 4.98 Å². The molecule has 0 fully saturated rings. The molecule has 110 valence electrons. The summed E-state index contributed by atoms with van der Waals surface area (Å²) in [4.78, 5) is 15.8. The first-order valence-electron chi connectivity index (χ1n) is 5.77. The lowest BCUT2D eigenvalue weighted by atomic mass is 10.3. The molecule has 0 radical (unpaired) electrons. The van der Waals surface area contributed by atoms with Gasteiger partial charge in [0, 0.05) is 5.69 Å². The van der Waals surface area contributed by atoms with Crippen molar-refractivity contribution in [3.05, 3.63) is 48.3 Å². The van der Waals surface area contributed by atoms with Gasteiger partial charge in [-0.25, -0.2) is 18.5 Å². The van der Waals surface area contributed by atoms with Gasteiger partial charge >= 0.3 is 0 Å². The van der Waals surface area contributed by atoms with Gasteiger partial charge in [-0.1, -0.05) is 0 Å². The molecule has 0 saturated heterocycles. The highest BCUT2D eigenvalue weighted by Gasteiger charge is 2.10. The Morgan fingerprint density at radius 1 is 1.05 bits per heavy atom. The first-order valence-corrected chi connectivity index (χ1v) is 7.31. The Morgan fingerprint density at radius 2 is 1.67 bits per heavy atom. The van der Waals surface area contributed by atoms with Crippen LogP contribution in [0.4, 0.5) is 11.4 Å². The van der Waals surface area contributed by atoms with E-state index in [4.69, 9.17) is 11.0 Å². The summed E-state index contributed by atoms with van der Waals surface area (Å²) in [6.45, 7) is 0. The first-order chi connectivity index (χ1) is 9.90. The average Bonchev–Trinajstić information content (AvgIpc) is 2.47. The molecule has 9 heteroatoms. The smallest absolute Gasteiger partial charge is 0.274 e. The van der Waals surface area contributed by atoms with E-state index in [0.29, 0.717) is 11.4 Å². The highest BCUT2D eigenvalue weighted by molar-refractivity contribution is 7.89. The predicted octanol–water partition coefficient (Wildman–Crippen LogP) is 0.267. The van der Waals surface area contributed by atoms with Gasteiger partial charge in [-0.2, -0.15) is 0 Å². The van der Waals surface area contributed by atoms with Crippen molar-refractivity contribution in [2.24, 2.45) is 11.0 Å². The van der Waals surface area contributed by atoms with Crippen LogP contribution >= 0.6 is 0 Å². The molecule has 0 saturated carbocycles. The van der Waals surface area contributed by atoms with Crippen LogP contribution in [0.25, 0.3) is 0 Å². The van der Waals surface area contributed by atoms with E-state index < -0.39 is 15.9 Å². The Labute approximate surface area is 121 Å². The number of hydrazine groups is 1. The van der Waals surface area contributed by atoms with Crippen LogP contribution in [0.1, 0.15) is 10.5 Å². The van der Waals surface area contributed by atoms with Crippen molar-refractivity contribution in [2.45, 2.75) is 4.90 Å². The largest absolute Gasteiger partial charge is 0.323 e. The van der Waals surface area contributed by atoms with Crippen LogP contribution in [-0.4, -0.2) is 19.3 Å². The van der Waals surface area contributed by atoms with Gasteiger partial charge in [0.25, 0.3) is 5.91 Å². The van der Waals surface area contributed by atoms with E-state index in [1.165, 1.54) is 36.5 Å². The van der Waals surface area contributed by atoms with Crippen LogP contribution in [-0.2, 0) is 10.0 Å². The Bertz CT molecular complexity index is 741. The normalized spacial score (nSPS) is 11.0. The quantitative estimate of drug-likeness (QED) is 0.472. The monoisotopic (exact) mass is 307 g/mol. The summed E-state index contributed by atoms with van der Waals surface area (Å²) in [6.07, 6.45) is 1.42. The number of amides is 1. The topological polar surface area (TPSA) is 140 Å². The van der Waals surface area contributed by atoms with Crippen LogP contribution < -0.4 is 21.7 Å². The molecule has 1 aromatic carbocycles. The maximum absolute atomic E-state index is 11.9. The minimum absolute atomic E-state index is 0.0306. The van der Waals surface area contributed by atoms with Crippen LogP contribution in [0.2, 0.25) is 0 Å². The summed E-state index contributed by atoms with van der Waals surface area (Å²) in [5, 5.41) is 7.57. The summed E-state index contributed by atoms with van der Waals surface area (Å²) < 4.78 is 22.2. The van der Waals surface area contributed by atoms with Gasteiger partial charge in [0.2, 0.25) is 10.0 Å². The molecule has 0 aliphatic rings. The maximum atomic E-state index is 11.9. The Hall–Kier alpha value is -2.49. The fourth-order valence-corrected chi connectivity index (χ4v) is 2.05. The van der Waals surface area contributed by atoms with E-state index in [1.54, 1.807) is 6.07 Å². The van der Waals surface area contributed by atoms with E-state index >= 15 is 0 Å². The number of rotatable bonds is 4. The second-order valence-corrected chi connectivity index (χ2v) is 5.66. The lowest BCUT2D eigenvalue weighted by Crippen LogP contribution is -2.15. The third-order valence-corrected chi connectivity index (χ3v) is 3.53. The molecule has 2 aromatic rings. The summed E-state index contributed by atoms with van der Waals surface area (Å²) in [6, 6.07) is 8.59. The lowest BCUT2D eigenvalue weighted by Gasteiger charge is -2.06. The number of primary sulfonamides is 1. The Morgan fingerprint density at radius 3 is 2.14 bits per heavy atom. The second kappa shape index (κ2) is 5.87. The van der Waals surface area contributed by atoms with Gasteiger partial charge in [0.15, 0.2) is 0 Å². The fraction of sp³-hybridized carbons (Fsp3) is 0. The molecule has 8 nitrogen and oxygen atoms in total. The molecule has 0 unspecified atom stereocenters. The van der Waals surface area contributed by atoms with E-state index in [2.05, 4.69) is 15.7 Å². The fourth-order valence-electron chi connectivity index (χ4n) is 1.54. The number of nitrogens with two attached hydrogens (primary N) is 2. The van der Waals surface area contributed by atoms with Crippen LogP contribution in [0.15, 0.2) is 47.5 Å². The zero-order valence-corrected chi connectivity index (χ0v) is 11.6. The van der Waals surface area contributed by atoms with Crippen LogP contribution in [0.3, 0.4) is 0 Å². The molecular weight excluding hydrogens is 294 g/mol. The molecule has 0 spiro atoms. The molecule has 2 rings (SSSR count). The molecule has 21 heavy (non-hydrogen) atoms. The molecule has 0 atom stereocenters. The number of carbonyl (C=O) groups is 1. The predicted molar refractivity (Wildman–Crippen MR) is 77.8 cm³/mol. The first kappa shape index (κ1) is 14.9. The molecular formula is C12H13N5O3S. The number of nitrogens with zero attached hydrogens (tertiary/aromatic N) is 1. The molecule has 0 bridgehead atoms. The molecule has 1 amide bonds. The number of sulfonamides is 1. The number of anilines is 2. The highest BCUT2D eigenvalue weighted by atomic mass is 32.2. The summed E-state index contributed by atoms with van der Waals surface area (Å²) >= 11 is 0. The second-order valence-electron chi connectivity index (χ2n) is 4.10. The standard InChI is InChI=1S/C12H13N5O3S/c13-17-9-3-6-11(15-7-9)12(18)16-8-1-4-10(5-2-8)21(14,19)20/h1-7,17H,13H2,(H,16,18)(H2,14,19,20). The van der Waals surface area contributed by atoms with Crippen molar-refractivity contribution < 1.29 is 13.2 Å². The van der Waals surface area contributed by atoms with Gasteiger partial charge in [-0.3, -0.25) is 10.6 Å². The highest BCUT2D eigenvalue weighted by Crippen LogP contribution is 2.14. The average molecular weight is 307 g/mol. The number of carbonyl (C=O) groups excluding carboxylic acids is 1. The minimum Gasteiger partial charge on any atom is -0.323 e. The van der Waals surface area contributed by atoms with Crippen LogP contribution in [0.5, 0.6) is 0 Å². The summed E-state index contributed by atoms with van der Waals surface area (Å²) in [5.41, 5.74) is 3.60. The van der Waals surface area contributed by atoms with Crippen molar-refractivity contribution in [1.29, 1.82) is 0 Å². The van der Waals surface area contributed by atoms with E-state index in [1.807, 2.05) is 0 Å². The number of benzene rings is 1. The van der Waals surface area contributed by atoms with Crippen LogP contribution in [0, 0.1) is 0 Å². The van der Waals surface area contributed by atoms with Gasteiger partial charge in [0.05, 0.1) is 16.8 Å². The summed E-state index contributed by atoms with van der Waals surface area (Å²) in [7, 11) is -3.75. The van der Waals surface area contributed by atoms with Gasteiger partial charge in [-0.15, -0.1) is 0 Å². The number of nitrogen functional groups attached to an aromatic ring is 1. The van der Waals surface area contributed by atoms with Crippen molar-refractivity contribution in [2.75, 3.05) is 10.7 Å². The Balaban J connectivity index is 2.12. The van der Waals surface area contributed by atoms with Gasteiger partial charge in [0.1, 0.15) is 5.69 Å².